The number of pyridine rings is 2. The van der Waals surface area contributed by atoms with Crippen LogP contribution in [0.25, 0.3) is 59.8 Å². The lowest BCUT2D eigenvalue weighted by atomic mass is 9.99. The second-order valence-electron chi connectivity index (χ2n) is 8.61. The van der Waals surface area contributed by atoms with Gasteiger partial charge in [-0.15, -0.1) is 0 Å². The number of rotatable bonds is 0. The fourth-order valence-corrected chi connectivity index (χ4v) is 5.42. The van der Waals surface area contributed by atoms with E-state index in [1.807, 2.05) is 6.20 Å². The van der Waals surface area contributed by atoms with E-state index in [4.69, 9.17) is 4.98 Å². The Morgan fingerprint density at radius 1 is 0.667 bits per heavy atom. The van der Waals surface area contributed by atoms with Gasteiger partial charge < -0.3 is 4.40 Å². The summed E-state index contributed by atoms with van der Waals surface area (Å²) in [5, 5.41) is 8.91. The highest BCUT2D eigenvalue weighted by Crippen LogP contribution is 2.42. The monoisotopic (exact) mass is 384 g/mol. The van der Waals surface area contributed by atoms with Crippen molar-refractivity contribution in [1.29, 1.82) is 0 Å². The highest BCUT2D eigenvalue weighted by molar-refractivity contribution is 6.28. The number of fused-ring (bicyclic) bond motifs is 7. The van der Waals surface area contributed by atoms with Crippen molar-refractivity contribution < 1.29 is 0 Å². The lowest BCUT2D eigenvalue weighted by Crippen LogP contribution is -1.96. The van der Waals surface area contributed by atoms with Crippen LogP contribution in [0, 0.1) is 20.8 Å². The van der Waals surface area contributed by atoms with E-state index >= 15 is 0 Å². The minimum atomic E-state index is 1.10. The predicted octanol–water partition coefficient (Wildman–Crippen LogP) is 7.46. The maximum Gasteiger partial charge on any atom is 0.0822 e. The topological polar surface area (TPSA) is 17.3 Å². The number of benzene rings is 4. The molecule has 0 spiro atoms. The molecular weight excluding hydrogens is 364 g/mol. The Kier molecular flexibility index (Phi) is 2.85. The van der Waals surface area contributed by atoms with Gasteiger partial charge in [0, 0.05) is 27.7 Å². The largest absolute Gasteiger partial charge is 0.308 e. The van der Waals surface area contributed by atoms with Gasteiger partial charge in [-0.05, 0) is 77.9 Å². The highest BCUT2D eigenvalue weighted by Gasteiger charge is 2.21. The summed E-state index contributed by atoms with van der Waals surface area (Å²) in [7, 11) is 0. The van der Waals surface area contributed by atoms with Crippen LogP contribution < -0.4 is 0 Å². The van der Waals surface area contributed by atoms with E-state index in [0.29, 0.717) is 0 Å². The molecule has 2 nitrogen and oxygen atoms in total. The zero-order chi connectivity index (χ0) is 20.1. The van der Waals surface area contributed by atoms with Crippen LogP contribution in [0.1, 0.15) is 16.7 Å². The van der Waals surface area contributed by atoms with Crippen molar-refractivity contribution in [1.82, 2.24) is 9.38 Å². The number of nitrogens with zero attached hydrogens (tertiary/aromatic N) is 2. The first kappa shape index (κ1) is 16.2. The molecule has 0 aliphatic heterocycles. The van der Waals surface area contributed by atoms with Crippen molar-refractivity contribution in [2.45, 2.75) is 20.8 Å². The minimum absolute atomic E-state index is 1.10. The third-order valence-electron chi connectivity index (χ3n) is 7.13. The zero-order valence-corrected chi connectivity index (χ0v) is 17.2. The van der Waals surface area contributed by atoms with Crippen molar-refractivity contribution in [3.05, 3.63) is 83.6 Å². The van der Waals surface area contributed by atoms with Crippen LogP contribution in [0.3, 0.4) is 0 Å². The van der Waals surface area contributed by atoms with Crippen molar-refractivity contribution in [2.75, 3.05) is 0 Å². The van der Waals surface area contributed by atoms with E-state index in [2.05, 4.69) is 85.8 Å². The Labute approximate surface area is 173 Å². The van der Waals surface area contributed by atoms with E-state index in [1.54, 1.807) is 0 Å². The smallest absolute Gasteiger partial charge is 0.0822 e. The van der Waals surface area contributed by atoms with E-state index in [1.165, 1.54) is 70.9 Å². The van der Waals surface area contributed by atoms with Gasteiger partial charge >= 0.3 is 0 Å². The molecule has 0 radical (unpaired) electrons. The number of hydrogen-bond acceptors (Lipinski definition) is 1. The third-order valence-corrected chi connectivity index (χ3v) is 7.13. The average molecular weight is 384 g/mol. The van der Waals surface area contributed by atoms with Gasteiger partial charge in [0.05, 0.1) is 22.1 Å². The molecule has 0 saturated carbocycles. The van der Waals surface area contributed by atoms with Gasteiger partial charge in [0.15, 0.2) is 0 Å². The van der Waals surface area contributed by atoms with Crippen molar-refractivity contribution in [2.24, 2.45) is 0 Å². The van der Waals surface area contributed by atoms with E-state index in [0.717, 1.165) is 5.52 Å². The fourth-order valence-electron chi connectivity index (χ4n) is 5.42. The third kappa shape index (κ3) is 1.78. The van der Waals surface area contributed by atoms with E-state index in [-0.39, 0.29) is 0 Å². The van der Waals surface area contributed by atoms with E-state index < -0.39 is 0 Å². The summed E-state index contributed by atoms with van der Waals surface area (Å²) in [5.74, 6) is 0. The molecular formula is C28H20N2. The quantitative estimate of drug-likeness (QED) is 0.196. The molecule has 0 aliphatic carbocycles. The molecule has 0 unspecified atom stereocenters. The Morgan fingerprint density at radius 2 is 1.47 bits per heavy atom. The number of aromatic nitrogens is 2. The Hall–Kier alpha value is -3.65. The first-order valence-electron chi connectivity index (χ1n) is 10.5. The Balaban J connectivity index is 1.94. The molecule has 0 amide bonds. The molecule has 7 rings (SSSR count). The molecule has 0 atom stereocenters. The van der Waals surface area contributed by atoms with Gasteiger partial charge in [-0.3, -0.25) is 4.98 Å². The summed E-state index contributed by atoms with van der Waals surface area (Å²) in [4.78, 5) is 4.88. The summed E-state index contributed by atoms with van der Waals surface area (Å²) in [6.07, 6.45) is 1.94. The molecule has 3 heterocycles. The first-order chi connectivity index (χ1) is 14.6. The van der Waals surface area contributed by atoms with Crippen molar-refractivity contribution in [3.63, 3.8) is 0 Å². The number of hydrogen-bond donors (Lipinski definition) is 0. The zero-order valence-electron chi connectivity index (χ0n) is 17.2. The van der Waals surface area contributed by atoms with E-state index in [9.17, 15) is 0 Å². The molecule has 30 heavy (non-hydrogen) atoms. The molecule has 0 aliphatic rings. The van der Waals surface area contributed by atoms with Crippen molar-refractivity contribution in [3.8, 4) is 0 Å². The molecule has 142 valence electrons. The standard InChI is InChI=1S/C28H20N2/c1-15-12-22-21-9-8-18-10-11-29-26-23-13-19-6-4-5-7-20(19)14-24(23)30(28(21)25(18)26)27(22)17(3)16(15)2/h4-14H,1-3H3. The SMILES string of the molecule is Cc1cc2c3ccc4ccnc5c6cc7ccccc7cc6n(c2c(C)c1C)c3c45. The van der Waals surface area contributed by atoms with Crippen LogP contribution in [0.4, 0.5) is 0 Å². The summed E-state index contributed by atoms with van der Waals surface area (Å²) in [5.41, 5.74) is 9.04. The molecule has 0 fully saturated rings. The maximum absolute atomic E-state index is 4.88. The highest BCUT2D eigenvalue weighted by atomic mass is 14.9. The van der Waals surface area contributed by atoms with Gasteiger partial charge in [-0.2, -0.15) is 0 Å². The second-order valence-corrected chi connectivity index (χ2v) is 8.61. The van der Waals surface area contributed by atoms with Gasteiger partial charge in [0.25, 0.3) is 0 Å². The predicted molar refractivity (Wildman–Crippen MR) is 128 cm³/mol. The molecule has 3 aromatic heterocycles. The lowest BCUT2D eigenvalue weighted by Gasteiger charge is -2.14. The fraction of sp³-hybridized carbons (Fsp3) is 0.107. The first-order valence-corrected chi connectivity index (χ1v) is 10.5. The molecule has 7 aromatic rings. The Morgan fingerprint density at radius 3 is 2.30 bits per heavy atom. The summed E-state index contributed by atoms with van der Waals surface area (Å²) < 4.78 is 2.51. The maximum atomic E-state index is 4.88. The second kappa shape index (κ2) is 5.28. The Bertz CT molecular complexity index is 1820. The van der Waals surface area contributed by atoms with Crippen LogP contribution in [-0.4, -0.2) is 9.38 Å². The van der Waals surface area contributed by atoms with Crippen LogP contribution in [0.15, 0.2) is 66.9 Å². The summed E-state index contributed by atoms with van der Waals surface area (Å²) in [6.45, 7) is 6.73. The summed E-state index contributed by atoms with van der Waals surface area (Å²) >= 11 is 0. The normalized spacial score (nSPS) is 12.5. The van der Waals surface area contributed by atoms with Crippen LogP contribution in [-0.2, 0) is 0 Å². The van der Waals surface area contributed by atoms with Gasteiger partial charge in [-0.1, -0.05) is 36.4 Å². The lowest BCUT2D eigenvalue weighted by molar-refractivity contribution is 1.25. The molecule has 2 heteroatoms. The minimum Gasteiger partial charge on any atom is -0.308 e. The molecule has 0 bridgehead atoms. The molecule has 0 saturated heterocycles. The van der Waals surface area contributed by atoms with Crippen LogP contribution in [0.5, 0.6) is 0 Å². The van der Waals surface area contributed by atoms with Gasteiger partial charge in [-0.25, -0.2) is 0 Å². The average Bonchev–Trinajstić information content (AvgIpc) is 3.11. The molecule has 0 N–H and O–H groups in total. The van der Waals surface area contributed by atoms with Gasteiger partial charge in [0.2, 0.25) is 0 Å². The number of aryl methyl sites for hydroxylation is 2. The van der Waals surface area contributed by atoms with Crippen molar-refractivity contribution >= 4 is 59.8 Å². The van der Waals surface area contributed by atoms with Crippen LogP contribution in [0.2, 0.25) is 0 Å². The summed E-state index contributed by atoms with van der Waals surface area (Å²) in [6, 6.07) is 22.3. The van der Waals surface area contributed by atoms with Crippen LogP contribution >= 0.6 is 0 Å². The van der Waals surface area contributed by atoms with Gasteiger partial charge in [0.1, 0.15) is 0 Å². The molecule has 4 aromatic carbocycles.